The summed E-state index contributed by atoms with van der Waals surface area (Å²) in [5.74, 6) is -0.538. The van der Waals surface area contributed by atoms with Gasteiger partial charge in [0.15, 0.2) is 0 Å². The lowest BCUT2D eigenvalue weighted by Crippen LogP contribution is -1.99. The molecule has 0 aromatic heterocycles. The molecule has 0 unspecified atom stereocenters. The molecular weight excluding hydrogens is 215 g/mol. The van der Waals surface area contributed by atoms with Crippen molar-refractivity contribution in [2.24, 2.45) is 0 Å². The van der Waals surface area contributed by atoms with E-state index in [4.69, 9.17) is 10.7 Å². The predicted molar refractivity (Wildman–Crippen MR) is 48.8 cm³/mol. The second-order valence-corrected chi connectivity index (χ2v) is 5.04. The Balaban J connectivity index is 3.47. The van der Waals surface area contributed by atoms with Crippen molar-refractivity contribution >= 4 is 19.7 Å². The number of hydrogen-bond acceptors (Lipinski definition) is 2. The summed E-state index contributed by atoms with van der Waals surface area (Å²) in [6.07, 6.45) is 0.300. The van der Waals surface area contributed by atoms with Crippen molar-refractivity contribution in [3.63, 3.8) is 0 Å². The van der Waals surface area contributed by atoms with E-state index < -0.39 is 14.9 Å². The van der Waals surface area contributed by atoms with Gasteiger partial charge in [0.1, 0.15) is 5.82 Å². The average molecular weight is 223 g/mol. The van der Waals surface area contributed by atoms with E-state index in [2.05, 4.69) is 0 Å². The molecule has 5 heteroatoms. The number of rotatable bonds is 2. The van der Waals surface area contributed by atoms with Crippen LogP contribution in [0.15, 0.2) is 23.1 Å². The smallest absolute Gasteiger partial charge is 0.207 e. The SMILES string of the molecule is CCc1c(F)cccc1S(=O)(=O)Cl. The second kappa shape index (κ2) is 3.64. The maximum Gasteiger partial charge on any atom is 0.261 e. The lowest BCUT2D eigenvalue weighted by Gasteiger charge is -2.04. The zero-order chi connectivity index (χ0) is 10.1. The van der Waals surface area contributed by atoms with Crippen molar-refractivity contribution < 1.29 is 12.8 Å². The second-order valence-electron chi connectivity index (χ2n) is 2.51. The van der Waals surface area contributed by atoms with Crippen LogP contribution in [0.25, 0.3) is 0 Å². The highest BCUT2D eigenvalue weighted by atomic mass is 35.7. The lowest BCUT2D eigenvalue weighted by atomic mass is 10.1. The monoisotopic (exact) mass is 222 g/mol. The summed E-state index contributed by atoms with van der Waals surface area (Å²) in [6.45, 7) is 1.67. The van der Waals surface area contributed by atoms with E-state index in [0.717, 1.165) is 0 Å². The van der Waals surface area contributed by atoms with Crippen LogP contribution in [0.3, 0.4) is 0 Å². The molecular formula is C8H8ClFO2S. The van der Waals surface area contributed by atoms with Crippen molar-refractivity contribution in [2.75, 3.05) is 0 Å². The van der Waals surface area contributed by atoms with Crippen molar-refractivity contribution in [1.29, 1.82) is 0 Å². The molecule has 1 aromatic carbocycles. The van der Waals surface area contributed by atoms with Crippen LogP contribution < -0.4 is 0 Å². The van der Waals surface area contributed by atoms with Gasteiger partial charge < -0.3 is 0 Å². The van der Waals surface area contributed by atoms with Crippen LogP contribution in [0.4, 0.5) is 4.39 Å². The first-order valence-electron chi connectivity index (χ1n) is 3.69. The molecule has 2 nitrogen and oxygen atoms in total. The third kappa shape index (κ3) is 2.19. The van der Waals surface area contributed by atoms with Gasteiger partial charge in [0.25, 0.3) is 9.05 Å². The van der Waals surface area contributed by atoms with Gasteiger partial charge in [-0.05, 0) is 18.6 Å². The maximum absolute atomic E-state index is 13.1. The highest BCUT2D eigenvalue weighted by molar-refractivity contribution is 8.13. The summed E-state index contributed by atoms with van der Waals surface area (Å²) < 4.78 is 35.0. The molecule has 0 N–H and O–H groups in total. The first-order valence-corrected chi connectivity index (χ1v) is 5.99. The summed E-state index contributed by atoms with van der Waals surface area (Å²) in [5.41, 5.74) is 0.137. The first kappa shape index (κ1) is 10.5. The molecule has 0 atom stereocenters. The van der Waals surface area contributed by atoms with E-state index in [-0.39, 0.29) is 10.5 Å². The van der Waals surface area contributed by atoms with Crippen LogP contribution in [0, 0.1) is 5.82 Å². The standard InChI is InChI=1S/C8H8ClFO2S/c1-2-6-7(10)4-3-5-8(6)13(9,11)12/h3-5H,2H2,1H3. The Bertz CT molecular complexity index is 414. The Morgan fingerprint density at radius 3 is 2.46 bits per heavy atom. The molecule has 0 spiro atoms. The Morgan fingerprint density at radius 1 is 1.46 bits per heavy atom. The molecule has 0 heterocycles. The summed E-state index contributed by atoms with van der Waals surface area (Å²) >= 11 is 0. The Hall–Kier alpha value is -0.610. The fourth-order valence-electron chi connectivity index (χ4n) is 1.11. The molecule has 1 aromatic rings. The van der Waals surface area contributed by atoms with E-state index in [9.17, 15) is 12.8 Å². The average Bonchev–Trinajstić information content (AvgIpc) is 2.02. The topological polar surface area (TPSA) is 34.1 Å². The molecule has 13 heavy (non-hydrogen) atoms. The quantitative estimate of drug-likeness (QED) is 0.720. The Kier molecular flexibility index (Phi) is 2.93. The number of benzene rings is 1. The van der Waals surface area contributed by atoms with Crippen LogP contribution in [0.2, 0.25) is 0 Å². The molecule has 1 rings (SSSR count). The molecule has 0 radical (unpaired) electrons. The Morgan fingerprint density at radius 2 is 2.08 bits per heavy atom. The van der Waals surface area contributed by atoms with Gasteiger partial charge in [0.2, 0.25) is 0 Å². The summed E-state index contributed by atoms with van der Waals surface area (Å²) in [5, 5.41) is 0. The van der Waals surface area contributed by atoms with Crippen LogP contribution in [-0.4, -0.2) is 8.42 Å². The van der Waals surface area contributed by atoms with Gasteiger partial charge in [-0.15, -0.1) is 0 Å². The predicted octanol–water partition coefficient (Wildman–Crippen LogP) is 2.32. The molecule has 0 saturated heterocycles. The van der Waals surface area contributed by atoms with E-state index in [1.807, 2.05) is 0 Å². The van der Waals surface area contributed by atoms with Crippen molar-refractivity contribution in [1.82, 2.24) is 0 Å². The molecule has 0 aliphatic carbocycles. The lowest BCUT2D eigenvalue weighted by molar-refractivity contribution is 0.591. The van der Waals surface area contributed by atoms with Gasteiger partial charge in [-0.2, -0.15) is 0 Å². The Labute approximate surface area is 80.8 Å². The third-order valence-corrected chi connectivity index (χ3v) is 3.10. The van der Waals surface area contributed by atoms with Crippen molar-refractivity contribution in [3.8, 4) is 0 Å². The fraction of sp³-hybridized carbons (Fsp3) is 0.250. The van der Waals surface area contributed by atoms with Crippen LogP contribution in [0.1, 0.15) is 12.5 Å². The number of hydrogen-bond donors (Lipinski definition) is 0. The minimum atomic E-state index is -3.84. The third-order valence-electron chi connectivity index (χ3n) is 1.69. The zero-order valence-corrected chi connectivity index (χ0v) is 8.49. The minimum absolute atomic E-state index is 0.137. The molecule has 72 valence electrons. The van der Waals surface area contributed by atoms with Gasteiger partial charge in [-0.1, -0.05) is 13.0 Å². The summed E-state index contributed by atoms with van der Waals surface area (Å²) in [4.78, 5) is -0.142. The van der Waals surface area contributed by atoms with E-state index in [1.54, 1.807) is 6.92 Å². The summed E-state index contributed by atoms with van der Waals surface area (Å²) in [7, 11) is 1.28. The normalized spacial score (nSPS) is 11.6. The van der Waals surface area contributed by atoms with Crippen LogP contribution in [-0.2, 0) is 15.5 Å². The van der Waals surface area contributed by atoms with Gasteiger partial charge in [-0.25, -0.2) is 12.8 Å². The van der Waals surface area contributed by atoms with Gasteiger partial charge in [0.05, 0.1) is 4.90 Å². The molecule has 0 fully saturated rings. The molecule has 0 bridgehead atoms. The van der Waals surface area contributed by atoms with Crippen molar-refractivity contribution in [2.45, 2.75) is 18.2 Å². The fourth-order valence-corrected chi connectivity index (χ4v) is 2.32. The van der Waals surface area contributed by atoms with E-state index >= 15 is 0 Å². The molecule has 0 aliphatic rings. The maximum atomic E-state index is 13.1. The number of halogens is 2. The van der Waals surface area contributed by atoms with E-state index in [1.165, 1.54) is 18.2 Å². The molecule has 0 amide bonds. The largest absolute Gasteiger partial charge is 0.261 e. The minimum Gasteiger partial charge on any atom is -0.207 e. The zero-order valence-electron chi connectivity index (χ0n) is 6.92. The van der Waals surface area contributed by atoms with Crippen LogP contribution in [0.5, 0.6) is 0 Å². The van der Waals surface area contributed by atoms with Gasteiger partial charge in [-0.3, -0.25) is 0 Å². The van der Waals surface area contributed by atoms with Crippen molar-refractivity contribution in [3.05, 3.63) is 29.6 Å². The first-order chi connectivity index (χ1) is 5.96. The highest BCUT2D eigenvalue weighted by Gasteiger charge is 2.16. The van der Waals surface area contributed by atoms with Gasteiger partial charge in [0, 0.05) is 16.2 Å². The summed E-state index contributed by atoms with van der Waals surface area (Å²) in [6, 6.07) is 3.83. The van der Waals surface area contributed by atoms with Gasteiger partial charge >= 0.3 is 0 Å². The van der Waals surface area contributed by atoms with E-state index in [0.29, 0.717) is 6.42 Å². The molecule has 0 aliphatic heterocycles. The highest BCUT2D eigenvalue weighted by Crippen LogP contribution is 2.22. The molecule has 0 saturated carbocycles. The van der Waals surface area contributed by atoms with Crippen LogP contribution >= 0.6 is 10.7 Å².